The summed E-state index contributed by atoms with van der Waals surface area (Å²) in [6, 6.07) is 7.80. The van der Waals surface area contributed by atoms with Crippen LogP contribution in [-0.4, -0.2) is 30.6 Å². The number of ether oxygens (including phenoxy) is 2. The molecule has 1 aliphatic carbocycles. The quantitative estimate of drug-likeness (QED) is 0.845. The van der Waals surface area contributed by atoms with Crippen molar-refractivity contribution >= 4 is 5.91 Å². The Morgan fingerprint density at radius 1 is 1.38 bits per heavy atom. The summed E-state index contributed by atoms with van der Waals surface area (Å²) in [7, 11) is 1.62. The van der Waals surface area contributed by atoms with Crippen LogP contribution in [0.15, 0.2) is 28.7 Å². The molecule has 1 heterocycles. The molecule has 0 radical (unpaired) electrons. The Balaban J connectivity index is 1.54. The largest absolute Gasteiger partial charge is 0.497 e. The zero-order valence-corrected chi connectivity index (χ0v) is 14.2. The number of methoxy groups -OCH3 is 1. The number of nitrogens with one attached hydrogen (secondary N) is 1. The minimum absolute atomic E-state index is 0.0351. The second kappa shape index (κ2) is 7.05. The number of aromatic nitrogens is 1. The molecule has 1 aliphatic rings. The highest BCUT2D eigenvalue weighted by atomic mass is 16.5. The van der Waals surface area contributed by atoms with E-state index in [0.717, 1.165) is 17.7 Å². The lowest BCUT2D eigenvalue weighted by Gasteiger charge is -2.04. The summed E-state index contributed by atoms with van der Waals surface area (Å²) in [4.78, 5) is 16.2. The molecule has 1 N–H and O–H groups in total. The molecule has 3 rings (SSSR count). The minimum Gasteiger partial charge on any atom is -0.497 e. The van der Waals surface area contributed by atoms with Crippen LogP contribution in [0, 0.1) is 12.8 Å². The van der Waals surface area contributed by atoms with Crippen LogP contribution < -0.4 is 10.1 Å². The monoisotopic (exact) mass is 330 g/mol. The first-order chi connectivity index (χ1) is 11.6. The molecule has 24 heavy (non-hydrogen) atoms. The van der Waals surface area contributed by atoms with E-state index in [0.29, 0.717) is 29.3 Å². The molecule has 1 amide bonds. The molecule has 6 heteroatoms. The normalized spacial score (nSPS) is 19.1. The summed E-state index contributed by atoms with van der Waals surface area (Å²) in [5.41, 5.74) is 1.57. The number of nitrogens with zero attached hydrogens (tertiary/aromatic N) is 1. The van der Waals surface area contributed by atoms with Gasteiger partial charge in [-0.3, -0.25) is 4.79 Å². The molecule has 1 saturated carbocycles. The summed E-state index contributed by atoms with van der Waals surface area (Å²) < 4.78 is 16.3. The van der Waals surface area contributed by atoms with E-state index in [2.05, 4.69) is 17.2 Å². The fourth-order valence-electron chi connectivity index (χ4n) is 2.43. The van der Waals surface area contributed by atoms with Gasteiger partial charge < -0.3 is 19.2 Å². The molecule has 1 aromatic carbocycles. The maximum Gasteiger partial charge on any atom is 0.246 e. The van der Waals surface area contributed by atoms with Crippen LogP contribution in [0.3, 0.4) is 0 Å². The van der Waals surface area contributed by atoms with Crippen molar-refractivity contribution in [3.8, 4) is 17.2 Å². The third-order valence-corrected chi connectivity index (χ3v) is 4.16. The molecule has 128 valence electrons. The fraction of sp³-hybridized carbons (Fsp3) is 0.444. The zero-order valence-electron chi connectivity index (χ0n) is 14.2. The van der Waals surface area contributed by atoms with E-state index < -0.39 is 0 Å². The number of oxazole rings is 1. The Morgan fingerprint density at radius 3 is 2.71 bits per heavy atom. The number of rotatable bonds is 7. The van der Waals surface area contributed by atoms with Crippen LogP contribution in [0.2, 0.25) is 0 Å². The summed E-state index contributed by atoms with van der Waals surface area (Å²) in [5.74, 6) is 2.50. The number of carbonyl (C=O) groups is 1. The van der Waals surface area contributed by atoms with Crippen LogP contribution >= 0.6 is 0 Å². The molecule has 0 saturated heterocycles. The van der Waals surface area contributed by atoms with Crippen molar-refractivity contribution in [2.75, 3.05) is 13.7 Å². The maximum atomic E-state index is 11.7. The molecule has 0 spiro atoms. The van der Waals surface area contributed by atoms with E-state index in [1.165, 1.54) is 0 Å². The van der Waals surface area contributed by atoms with Gasteiger partial charge in [-0.15, -0.1) is 0 Å². The molecule has 1 fully saturated rings. The van der Waals surface area contributed by atoms with Crippen LogP contribution in [0.1, 0.15) is 24.8 Å². The number of hydrogen-bond donors (Lipinski definition) is 1. The topological polar surface area (TPSA) is 73.6 Å². The smallest absolute Gasteiger partial charge is 0.246 e. The predicted molar refractivity (Wildman–Crippen MR) is 88.6 cm³/mol. The van der Waals surface area contributed by atoms with E-state index in [9.17, 15) is 4.79 Å². The number of amides is 1. The summed E-state index contributed by atoms with van der Waals surface area (Å²) >= 11 is 0. The first kappa shape index (κ1) is 16.5. The highest BCUT2D eigenvalue weighted by molar-refractivity contribution is 5.77. The van der Waals surface area contributed by atoms with Crippen molar-refractivity contribution in [3.63, 3.8) is 0 Å². The van der Waals surface area contributed by atoms with E-state index in [1.807, 2.05) is 31.2 Å². The lowest BCUT2D eigenvalue weighted by atomic mass is 10.2. The number of hydrogen-bond acceptors (Lipinski definition) is 5. The van der Waals surface area contributed by atoms with Gasteiger partial charge in [0.15, 0.2) is 0 Å². The molecule has 0 bridgehead atoms. The standard InChI is InChI=1S/C18H22N2O4/c1-11-8-15(11)19-17(21)10-23-9-16-12(2)24-18(20-16)13-4-6-14(22-3)7-5-13/h4-7,11,15H,8-10H2,1-3H3,(H,19,21). The Hall–Kier alpha value is -2.34. The summed E-state index contributed by atoms with van der Waals surface area (Å²) in [6.45, 7) is 4.24. The Bertz CT molecular complexity index is 708. The lowest BCUT2D eigenvalue weighted by molar-refractivity contribution is -0.126. The van der Waals surface area contributed by atoms with Crippen LogP contribution in [-0.2, 0) is 16.1 Å². The highest BCUT2D eigenvalue weighted by Gasteiger charge is 2.33. The van der Waals surface area contributed by atoms with Gasteiger partial charge in [0.1, 0.15) is 23.8 Å². The zero-order chi connectivity index (χ0) is 17.1. The van der Waals surface area contributed by atoms with Crippen molar-refractivity contribution < 1.29 is 18.7 Å². The van der Waals surface area contributed by atoms with Gasteiger partial charge >= 0.3 is 0 Å². The lowest BCUT2D eigenvalue weighted by Crippen LogP contribution is -2.30. The van der Waals surface area contributed by atoms with E-state index in [-0.39, 0.29) is 19.1 Å². The molecule has 6 nitrogen and oxygen atoms in total. The summed E-state index contributed by atoms with van der Waals surface area (Å²) in [6.07, 6.45) is 1.05. The number of aryl methyl sites for hydroxylation is 1. The van der Waals surface area contributed by atoms with E-state index in [4.69, 9.17) is 13.9 Å². The van der Waals surface area contributed by atoms with Gasteiger partial charge in [-0.25, -0.2) is 4.98 Å². The third-order valence-electron chi connectivity index (χ3n) is 4.16. The first-order valence-electron chi connectivity index (χ1n) is 8.04. The van der Waals surface area contributed by atoms with Gasteiger partial charge in [0, 0.05) is 11.6 Å². The van der Waals surface area contributed by atoms with Crippen molar-refractivity contribution in [2.24, 2.45) is 5.92 Å². The second-order valence-corrected chi connectivity index (χ2v) is 6.13. The fourth-order valence-corrected chi connectivity index (χ4v) is 2.43. The van der Waals surface area contributed by atoms with Gasteiger partial charge in [-0.1, -0.05) is 6.92 Å². The van der Waals surface area contributed by atoms with Crippen LogP contribution in [0.4, 0.5) is 0 Å². The molecular formula is C18H22N2O4. The maximum absolute atomic E-state index is 11.7. The Kier molecular flexibility index (Phi) is 4.85. The molecule has 2 aromatic rings. The van der Waals surface area contributed by atoms with Gasteiger partial charge in [0.05, 0.1) is 13.7 Å². The number of carbonyl (C=O) groups excluding carboxylic acids is 1. The Labute approximate surface area is 141 Å². The molecule has 2 unspecified atom stereocenters. The first-order valence-corrected chi connectivity index (χ1v) is 8.04. The van der Waals surface area contributed by atoms with Crippen molar-refractivity contribution in [2.45, 2.75) is 32.9 Å². The van der Waals surface area contributed by atoms with E-state index in [1.54, 1.807) is 7.11 Å². The highest BCUT2D eigenvalue weighted by Crippen LogP contribution is 2.28. The number of benzene rings is 1. The predicted octanol–water partition coefficient (Wildman–Crippen LogP) is 2.70. The van der Waals surface area contributed by atoms with Crippen molar-refractivity contribution in [3.05, 3.63) is 35.7 Å². The van der Waals surface area contributed by atoms with E-state index >= 15 is 0 Å². The third kappa shape index (κ3) is 3.94. The van der Waals surface area contributed by atoms with Crippen LogP contribution in [0.5, 0.6) is 5.75 Å². The van der Waals surface area contributed by atoms with Crippen molar-refractivity contribution in [1.29, 1.82) is 0 Å². The molecular weight excluding hydrogens is 308 g/mol. The Morgan fingerprint density at radius 2 is 2.08 bits per heavy atom. The minimum atomic E-state index is -0.0825. The molecule has 1 aromatic heterocycles. The summed E-state index contributed by atoms with van der Waals surface area (Å²) in [5, 5.41) is 2.93. The molecule has 2 atom stereocenters. The molecule has 0 aliphatic heterocycles. The van der Waals surface area contributed by atoms with Gasteiger partial charge in [-0.05, 0) is 43.5 Å². The van der Waals surface area contributed by atoms with Gasteiger partial charge in [-0.2, -0.15) is 0 Å². The SMILES string of the molecule is COc1ccc(-c2nc(COCC(=O)NC3CC3C)c(C)o2)cc1. The van der Waals surface area contributed by atoms with Gasteiger partial charge in [0.2, 0.25) is 11.8 Å². The second-order valence-electron chi connectivity index (χ2n) is 6.13. The average Bonchev–Trinajstić information content (AvgIpc) is 3.13. The van der Waals surface area contributed by atoms with Gasteiger partial charge in [0.25, 0.3) is 0 Å². The van der Waals surface area contributed by atoms with Crippen molar-refractivity contribution in [1.82, 2.24) is 10.3 Å². The average molecular weight is 330 g/mol. The van der Waals surface area contributed by atoms with Crippen LogP contribution in [0.25, 0.3) is 11.5 Å².